The van der Waals surface area contributed by atoms with Crippen molar-refractivity contribution in [2.45, 2.75) is 175 Å². The van der Waals surface area contributed by atoms with Gasteiger partial charge in [0.05, 0.1) is 0 Å². The summed E-state index contributed by atoms with van der Waals surface area (Å²) in [6, 6.07) is 0. The molecule has 0 aliphatic rings. The number of hydrogen-bond donors (Lipinski definition) is 1. The quantitative estimate of drug-likeness (QED) is 0.144. The minimum Gasteiger partial charge on any atom is -0.396 e. The van der Waals surface area contributed by atoms with Crippen LogP contribution in [0.3, 0.4) is 0 Å². The van der Waals surface area contributed by atoms with Crippen molar-refractivity contribution < 1.29 is 5.11 Å². The Hall–Kier alpha value is -0.0400. The van der Waals surface area contributed by atoms with E-state index in [1.165, 1.54) is 154 Å². The van der Waals surface area contributed by atoms with Crippen molar-refractivity contribution in [1.82, 2.24) is 0 Å². The highest BCUT2D eigenvalue weighted by Gasteiger charge is 2.22. The van der Waals surface area contributed by atoms with Gasteiger partial charge >= 0.3 is 0 Å². The maximum absolute atomic E-state index is 9.91. The van der Waals surface area contributed by atoms with Crippen LogP contribution in [0.5, 0.6) is 0 Å². The Labute approximate surface area is 192 Å². The van der Waals surface area contributed by atoms with Crippen LogP contribution in [-0.2, 0) is 0 Å². The van der Waals surface area contributed by atoms with Crippen LogP contribution in [0.1, 0.15) is 175 Å². The van der Waals surface area contributed by atoms with E-state index >= 15 is 0 Å². The molecule has 0 heterocycles. The lowest BCUT2D eigenvalue weighted by molar-refractivity contribution is 0.116. The monoisotopic (exact) mass is 424 g/mol. The maximum atomic E-state index is 9.91. The second kappa shape index (κ2) is 23.6. The van der Waals surface area contributed by atoms with Crippen molar-refractivity contribution in [2.24, 2.45) is 5.41 Å². The fraction of sp³-hybridized carbons (Fsp3) is 1.00. The molecule has 1 N–H and O–H groups in total. The molecule has 0 rings (SSSR count). The summed E-state index contributed by atoms with van der Waals surface area (Å²) in [5, 5.41) is 9.91. The van der Waals surface area contributed by atoms with E-state index in [-0.39, 0.29) is 5.41 Å². The molecule has 0 aliphatic carbocycles. The van der Waals surface area contributed by atoms with E-state index in [1.807, 2.05) is 0 Å². The second-order valence-corrected chi connectivity index (χ2v) is 10.5. The van der Waals surface area contributed by atoms with Gasteiger partial charge in [0.2, 0.25) is 0 Å². The van der Waals surface area contributed by atoms with Gasteiger partial charge in [0.1, 0.15) is 0 Å². The van der Waals surface area contributed by atoms with Gasteiger partial charge in [-0.05, 0) is 18.3 Å². The summed E-state index contributed by atoms with van der Waals surface area (Å²) in [6.45, 7) is 7.28. The van der Waals surface area contributed by atoms with Crippen molar-refractivity contribution in [3.63, 3.8) is 0 Å². The Bertz CT molecular complexity index is 313. The van der Waals surface area contributed by atoms with Gasteiger partial charge in [-0.3, -0.25) is 0 Å². The zero-order valence-corrected chi connectivity index (χ0v) is 21.6. The van der Waals surface area contributed by atoms with Crippen LogP contribution in [0.2, 0.25) is 0 Å². The molecule has 0 saturated carbocycles. The summed E-state index contributed by atoms with van der Waals surface area (Å²) in [5.74, 6) is 0. The first-order chi connectivity index (χ1) is 14.7. The Morgan fingerprint density at radius 1 is 0.400 bits per heavy atom. The molecule has 0 radical (unpaired) electrons. The fourth-order valence-corrected chi connectivity index (χ4v) is 4.72. The molecule has 1 atom stereocenters. The van der Waals surface area contributed by atoms with Gasteiger partial charge in [-0.25, -0.2) is 0 Å². The number of aliphatic hydroxyl groups excluding tert-OH is 1. The van der Waals surface area contributed by atoms with Crippen LogP contribution in [-0.4, -0.2) is 11.7 Å². The zero-order valence-electron chi connectivity index (χ0n) is 21.6. The average molecular weight is 425 g/mol. The number of rotatable bonds is 25. The Morgan fingerprint density at radius 2 is 0.633 bits per heavy atom. The molecule has 0 amide bonds. The van der Waals surface area contributed by atoms with Crippen LogP contribution in [0, 0.1) is 5.41 Å². The highest BCUT2D eigenvalue weighted by atomic mass is 16.3. The molecule has 0 aromatic rings. The Kier molecular flexibility index (Phi) is 23.6. The molecule has 1 unspecified atom stereocenters. The van der Waals surface area contributed by atoms with Crippen LogP contribution in [0.15, 0.2) is 0 Å². The predicted octanol–water partition coefficient (Wildman–Crippen LogP) is 10.4. The first kappa shape index (κ1) is 30.0. The summed E-state index contributed by atoms with van der Waals surface area (Å²) in [6.07, 6.45) is 33.4. The third-order valence-electron chi connectivity index (χ3n) is 7.15. The molecule has 0 saturated heterocycles. The minimum atomic E-state index is 0.179. The lowest BCUT2D eigenvalue weighted by Crippen LogP contribution is -2.21. The first-order valence-corrected chi connectivity index (χ1v) is 14.3. The lowest BCUT2D eigenvalue weighted by Gasteiger charge is -2.27. The van der Waals surface area contributed by atoms with Crippen LogP contribution < -0.4 is 0 Å². The zero-order chi connectivity index (χ0) is 22.2. The normalized spacial score (nSPS) is 13.6. The average Bonchev–Trinajstić information content (AvgIpc) is 2.76. The van der Waals surface area contributed by atoms with Crippen LogP contribution in [0.25, 0.3) is 0 Å². The molecule has 0 spiro atoms. The highest BCUT2D eigenvalue weighted by Crippen LogP contribution is 2.31. The van der Waals surface area contributed by atoms with E-state index in [2.05, 4.69) is 20.8 Å². The lowest BCUT2D eigenvalue weighted by atomic mass is 9.80. The third kappa shape index (κ3) is 21.2. The molecular formula is C29H60O. The number of unbranched alkanes of at least 4 members (excludes halogenated alkanes) is 20. The molecule has 1 heteroatoms. The summed E-state index contributed by atoms with van der Waals surface area (Å²) in [5.41, 5.74) is 0.179. The van der Waals surface area contributed by atoms with E-state index in [4.69, 9.17) is 0 Å². The van der Waals surface area contributed by atoms with Gasteiger partial charge in [0.25, 0.3) is 0 Å². The second-order valence-electron chi connectivity index (χ2n) is 10.5. The standard InChI is InChI=1S/C29H60O/c1-4-6-8-10-12-14-16-17-19-21-23-25-27-29(3,28-30)26-24-22-20-18-15-13-11-9-7-5-2/h30H,4-28H2,1-3H3. The molecular weight excluding hydrogens is 364 g/mol. The summed E-state index contributed by atoms with van der Waals surface area (Å²) in [4.78, 5) is 0. The van der Waals surface area contributed by atoms with Gasteiger partial charge < -0.3 is 5.11 Å². The SMILES string of the molecule is CCCCCCCCCCCCCCC(C)(CO)CCCCCCCCCCCC. The molecule has 1 nitrogen and oxygen atoms in total. The Morgan fingerprint density at radius 3 is 0.867 bits per heavy atom. The van der Waals surface area contributed by atoms with Gasteiger partial charge in [0, 0.05) is 6.61 Å². The number of aliphatic hydroxyl groups is 1. The van der Waals surface area contributed by atoms with E-state index in [1.54, 1.807) is 0 Å². The molecule has 0 bridgehead atoms. The summed E-state index contributed by atoms with van der Waals surface area (Å²) in [7, 11) is 0. The van der Waals surface area contributed by atoms with Gasteiger partial charge in [-0.2, -0.15) is 0 Å². The van der Waals surface area contributed by atoms with Gasteiger partial charge in [-0.1, -0.05) is 162 Å². The number of hydrogen-bond acceptors (Lipinski definition) is 1. The molecule has 30 heavy (non-hydrogen) atoms. The van der Waals surface area contributed by atoms with Crippen molar-refractivity contribution >= 4 is 0 Å². The summed E-state index contributed by atoms with van der Waals surface area (Å²) < 4.78 is 0. The Balaban J connectivity index is 3.45. The molecule has 0 aliphatic heterocycles. The van der Waals surface area contributed by atoms with Crippen molar-refractivity contribution in [2.75, 3.05) is 6.61 Å². The maximum Gasteiger partial charge on any atom is 0.0484 e. The third-order valence-corrected chi connectivity index (χ3v) is 7.15. The topological polar surface area (TPSA) is 20.2 Å². The fourth-order valence-electron chi connectivity index (χ4n) is 4.72. The van der Waals surface area contributed by atoms with Gasteiger partial charge in [0.15, 0.2) is 0 Å². The minimum absolute atomic E-state index is 0.179. The van der Waals surface area contributed by atoms with Crippen molar-refractivity contribution in [3.8, 4) is 0 Å². The van der Waals surface area contributed by atoms with Crippen LogP contribution in [0.4, 0.5) is 0 Å². The highest BCUT2D eigenvalue weighted by molar-refractivity contribution is 4.73. The van der Waals surface area contributed by atoms with E-state index < -0.39 is 0 Å². The van der Waals surface area contributed by atoms with E-state index in [9.17, 15) is 5.11 Å². The van der Waals surface area contributed by atoms with Gasteiger partial charge in [-0.15, -0.1) is 0 Å². The largest absolute Gasteiger partial charge is 0.396 e. The van der Waals surface area contributed by atoms with E-state index in [0.29, 0.717) is 6.61 Å². The van der Waals surface area contributed by atoms with Crippen molar-refractivity contribution in [3.05, 3.63) is 0 Å². The molecule has 0 fully saturated rings. The molecule has 0 aromatic carbocycles. The van der Waals surface area contributed by atoms with E-state index in [0.717, 1.165) is 0 Å². The first-order valence-electron chi connectivity index (χ1n) is 14.3. The van der Waals surface area contributed by atoms with Crippen molar-refractivity contribution in [1.29, 1.82) is 0 Å². The van der Waals surface area contributed by atoms with Crippen LogP contribution >= 0.6 is 0 Å². The smallest absolute Gasteiger partial charge is 0.0484 e. The molecule has 0 aromatic heterocycles. The summed E-state index contributed by atoms with van der Waals surface area (Å²) >= 11 is 0. The predicted molar refractivity (Wildman–Crippen MR) is 137 cm³/mol. The molecule has 182 valence electrons.